The maximum atomic E-state index is 11.9. The summed E-state index contributed by atoms with van der Waals surface area (Å²) in [6.45, 7) is 1.99. The average Bonchev–Trinajstić information content (AvgIpc) is 2.38. The van der Waals surface area contributed by atoms with Crippen LogP contribution >= 0.6 is 0 Å². The van der Waals surface area contributed by atoms with Crippen molar-refractivity contribution in [2.75, 3.05) is 13.3 Å². The van der Waals surface area contributed by atoms with E-state index in [9.17, 15) is 9.18 Å². The van der Waals surface area contributed by atoms with E-state index in [1.165, 1.54) is 6.08 Å². The maximum absolute atomic E-state index is 11.9. The van der Waals surface area contributed by atoms with Crippen molar-refractivity contribution in [1.82, 2.24) is 4.98 Å². The van der Waals surface area contributed by atoms with Crippen molar-refractivity contribution in [1.29, 1.82) is 0 Å². The highest BCUT2D eigenvalue weighted by Gasteiger charge is 2.03. The predicted molar refractivity (Wildman–Crippen MR) is 71.0 cm³/mol. The Labute approximate surface area is 111 Å². The van der Waals surface area contributed by atoms with Gasteiger partial charge in [-0.05, 0) is 44.4 Å². The molecule has 1 N–H and O–H groups in total. The van der Waals surface area contributed by atoms with Gasteiger partial charge >= 0.3 is 5.97 Å². The number of nitrogens with zero attached hydrogens (tertiary/aromatic N) is 1. The molecule has 0 aliphatic rings. The molecule has 0 amide bonds. The van der Waals surface area contributed by atoms with Crippen LogP contribution in [0.15, 0.2) is 18.2 Å². The Kier molecular flexibility index (Phi) is 6.57. The lowest BCUT2D eigenvalue weighted by molar-refractivity contribution is -0.131. The van der Waals surface area contributed by atoms with Crippen molar-refractivity contribution in [2.24, 2.45) is 0 Å². The summed E-state index contributed by atoms with van der Waals surface area (Å²) in [6, 6.07) is 3.56. The molecule has 0 radical (unpaired) electrons. The summed E-state index contributed by atoms with van der Waals surface area (Å²) in [5.74, 6) is -0.486. The van der Waals surface area contributed by atoms with E-state index in [0.717, 1.165) is 24.6 Å². The zero-order valence-electron chi connectivity index (χ0n) is 10.9. The van der Waals surface area contributed by atoms with Gasteiger partial charge < -0.3 is 9.84 Å². The van der Waals surface area contributed by atoms with E-state index in [2.05, 4.69) is 4.98 Å². The fraction of sp³-hybridized carbons (Fsp3) is 0.429. The van der Waals surface area contributed by atoms with Crippen LogP contribution in [0.4, 0.5) is 4.39 Å². The van der Waals surface area contributed by atoms with Gasteiger partial charge in [0.05, 0.1) is 13.3 Å². The van der Waals surface area contributed by atoms with Crippen molar-refractivity contribution in [3.8, 4) is 5.75 Å². The molecule has 0 atom stereocenters. The number of hydrogen-bond donors (Lipinski definition) is 1. The van der Waals surface area contributed by atoms with Crippen LogP contribution in [0.1, 0.15) is 30.7 Å². The molecule has 1 rings (SSSR count). The second-order valence-corrected chi connectivity index (χ2v) is 4.11. The topological polar surface area (TPSA) is 59.4 Å². The standard InChI is InChI=1S/C14H18FNO3/c1-11-5-7-13(19-10-4-2-3-9-15)12(16-11)6-8-14(17)18/h5-8H,2-4,9-10H2,1H3,(H,17,18)/b8-6+. The number of halogens is 1. The summed E-state index contributed by atoms with van der Waals surface area (Å²) in [5.41, 5.74) is 1.28. The highest BCUT2D eigenvalue weighted by Crippen LogP contribution is 2.19. The zero-order chi connectivity index (χ0) is 14.1. The lowest BCUT2D eigenvalue weighted by Gasteiger charge is -2.09. The molecular weight excluding hydrogens is 249 g/mol. The molecule has 0 bridgehead atoms. The van der Waals surface area contributed by atoms with Gasteiger partial charge in [0.2, 0.25) is 0 Å². The van der Waals surface area contributed by atoms with Gasteiger partial charge in [0, 0.05) is 11.8 Å². The molecule has 0 aromatic carbocycles. The monoisotopic (exact) mass is 267 g/mol. The van der Waals surface area contributed by atoms with E-state index in [0.29, 0.717) is 24.5 Å². The quantitative estimate of drug-likeness (QED) is 0.581. The van der Waals surface area contributed by atoms with Crippen LogP contribution in [-0.4, -0.2) is 29.3 Å². The molecule has 0 fully saturated rings. The van der Waals surface area contributed by atoms with Crippen molar-refractivity contribution < 1.29 is 19.0 Å². The maximum Gasteiger partial charge on any atom is 0.328 e. The Bertz CT molecular complexity index is 446. The number of hydrogen-bond acceptors (Lipinski definition) is 3. The van der Waals surface area contributed by atoms with Gasteiger partial charge in [0.25, 0.3) is 0 Å². The fourth-order valence-electron chi connectivity index (χ4n) is 1.51. The van der Waals surface area contributed by atoms with E-state index in [4.69, 9.17) is 9.84 Å². The predicted octanol–water partition coefficient (Wildman–Crippen LogP) is 3.01. The van der Waals surface area contributed by atoms with Crippen LogP contribution in [-0.2, 0) is 4.79 Å². The third kappa shape index (κ3) is 5.99. The SMILES string of the molecule is Cc1ccc(OCCCCCF)c(/C=C/C(=O)O)n1. The first-order chi connectivity index (χ1) is 9.13. The van der Waals surface area contributed by atoms with E-state index in [1.807, 2.05) is 6.92 Å². The minimum atomic E-state index is -1.03. The molecule has 0 spiro atoms. The van der Waals surface area contributed by atoms with E-state index in [-0.39, 0.29) is 6.67 Å². The van der Waals surface area contributed by atoms with E-state index >= 15 is 0 Å². The highest BCUT2D eigenvalue weighted by molar-refractivity contribution is 5.85. The summed E-state index contributed by atoms with van der Waals surface area (Å²) in [6.07, 6.45) is 4.52. The Balaban J connectivity index is 2.63. The summed E-state index contributed by atoms with van der Waals surface area (Å²) >= 11 is 0. The number of pyridine rings is 1. The Morgan fingerprint density at radius 3 is 2.89 bits per heavy atom. The number of aliphatic carboxylic acids is 1. The third-order valence-electron chi connectivity index (χ3n) is 2.44. The Morgan fingerprint density at radius 1 is 1.42 bits per heavy atom. The van der Waals surface area contributed by atoms with Gasteiger partial charge in [-0.2, -0.15) is 0 Å². The molecule has 0 aliphatic heterocycles. The molecule has 0 aliphatic carbocycles. The van der Waals surface area contributed by atoms with Gasteiger partial charge in [-0.15, -0.1) is 0 Å². The second kappa shape index (κ2) is 8.24. The van der Waals surface area contributed by atoms with Gasteiger partial charge in [-0.25, -0.2) is 9.78 Å². The number of carboxylic acids is 1. The normalized spacial score (nSPS) is 10.8. The fourth-order valence-corrected chi connectivity index (χ4v) is 1.51. The van der Waals surface area contributed by atoms with Gasteiger partial charge in [-0.1, -0.05) is 0 Å². The molecule has 1 heterocycles. The molecule has 0 saturated heterocycles. The molecular formula is C14H18FNO3. The molecule has 4 nitrogen and oxygen atoms in total. The first-order valence-corrected chi connectivity index (χ1v) is 6.21. The summed E-state index contributed by atoms with van der Waals surface area (Å²) in [5, 5.41) is 8.62. The van der Waals surface area contributed by atoms with Crippen LogP contribution in [0.25, 0.3) is 6.08 Å². The highest BCUT2D eigenvalue weighted by atomic mass is 19.1. The number of rotatable bonds is 8. The third-order valence-corrected chi connectivity index (χ3v) is 2.44. The first kappa shape index (κ1) is 15.1. The first-order valence-electron chi connectivity index (χ1n) is 6.21. The van der Waals surface area contributed by atoms with E-state index in [1.54, 1.807) is 12.1 Å². The van der Waals surface area contributed by atoms with Gasteiger partial charge in [0.15, 0.2) is 0 Å². The number of carboxylic acid groups (broad SMARTS) is 1. The number of aromatic nitrogens is 1. The van der Waals surface area contributed by atoms with Crippen molar-refractivity contribution in [2.45, 2.75) is 26.2 Å². The van der Waals surface area contributed by atoms with Crippen molar-refractivity contribution in [3.63, 3.8) is 0 Å². The molecule has 19 heavy (non-hydrogen) atoms. The smallest absolute Gasteiger partial charge is 0.328 e. The number of aryl methyl sites for hydroxylation is 1. The molecule has 0 saturated carbocycles. The second-order valence-electron chi connectivity index (χ2n) is 4.11. The average molecular weight is 267 g/mol. The van der Waals surface area contributed by atoms with Crippen molar-refractivity contribution >= 4 is 12.0 Å². The molecule has 1 aromatic rings. The van der Waals surface area contributed by atoms with Crippen LogP contribution < -0.4 is 4.74 Å². The summed E-state index contributed by atoms with van der Waals surface area (Å²) in [4.78, 5) is 14.7. The van der Waals surface area contributed by atoms with Crippen LogP contribution in [0, 0.1) is 6.92 Å². The Morgan fingerprint density at radius 2 is 2.21 bits per heavy atom. The minimum Gasteiger partial charge on any atom is -0.491 e. The molecule has 0 unspecified atom stereocenters. The molecule has 1 aromatic heterocycles. The van der Waals surface area contributed by atoms with Crippen LogP contribution in [0.2, 0.25) is 0 Å². The lowest BCUT2D eigenvalue weighted by atomic mass is 10.2. The summed E-state index contributed by atoms with van der Waals surface area (Å²) in [7, 11) is 0. The molecule has 5 heteroatoms. The largest absolute Gasteiger partial charge is 0.491 e. The Hall–Kier alpha value is -1.91. The number of ether oxygens (including phenoxy) is 1. The van der Waals surface area contributed by atoms with Crippen molar-refractivity contribution in [3.05, 3.63) is 29.6 Å². The number of unbranched alkanes of at least 4 members (excludes halogenated alkanes) is 2. The van der Waals surface area contributed by atoms with Crippen LogP contribution in [0.5, 0.6) is 5.75 Å². The van der Waals surface area contributed by atoms with Gasteiger partial charge in [-0.3, -0.25) is 4.39 Å². The minimum absolute atomic E-state index is 0.307. The number of alkyl halides is 1. The zero-order valence-corrected chi connectivity index (χ0v) is 10.9. The van der Waals surface area contributed by atoms with Crippen LogP contribution in [0.3, 0.4) is 0 Å². The number of carbonyl (C=O) groups is 1. The van der Waals surface area contributed by atoms with Gasteiger partial charge in [0.1, 0.15) is 11.4 Å². The summed E-state index contributed by atoms with van der Waals surface area (Å²) < 4.78 is 17.5. The lowest BCUT2D eigenvalue weighted by Crippen LogP contribution is -2.01. The van der Waals surface area contributed by atoms with E-state index < -0.39 is 5.97 Å². The molecule has 104 valence electrons.